The molecule has 2 N–H and O–H groups in total. The Kier molecular flexibility index (Phi) is 4.82. The molecule has 1 aromatic carbocycles. The number of sulfonamides is 1. The molecule has 1 heterocycles. The molecule has 0 amide bonds. The quantitative estimate of drug-likeness (QED) is 0.873. The molecule has 0 aliphatic rings. The van der Waals surface area contributed by atoms with Crippen molar-refractivity contribution < 1.29 is 18.3 Å². The average molecular weight is 334 g/mol. The van der Waals surface area contributed by atoms with Gasteiger partial charge in [-0.05, 0) is 55.7 Å². The van der Waals surface area contributed by atoms with Gasteiger partial charge in [-0.15, -0.1) is 0 Å². The monoisotopic (exact) mass is 334 g/mol. The second kappa shape index (κ2) is 6.47. The number of carboxylic acids is 1. The molecule has 6 nitrogen and oxygen atoms in total. The Bertz CT molecular complexity index is 860. The van der Waals surface area contributed by atoms with Gasteiger partial charge in [-0.1, -0.05) is 6.07 Å². The van der Waals surface area contributed by atoms with Gasteiger partial charge >= 0.3 is 5.97 Å². The highest BCUT2D eigenvalue weighted by Gasteiger charge is 2.21. The van der Waals surface area contributed by atoms with Crippen molar-refractivity contribution in [2.75, 3.05) is 0 Å². The number of pyridine rings is 1. The third kappa shape index (κ3) is 3.75. The Labute approximate surface area is 135 Å². The minimum absolute atomic E-state index is 0.0246. The molecule has 0 aliphatic carbocycles. The molecule has 122 valence electrons. The Hall–Kier alpha value is -2.25. The molecular formula is C16H18N2O4S. The van der Waals surface area contributed by atoms with E-state index in [0.29, 0.717) is 16.8 Å². The van der Waals surface area contributed by atoms with Gasteiger partial charge in [-0.2, -0.15) is 0 Å². The number of nitrogens with zero attached hydrogens (tertiary/aromatic N) is 1. The number of aromatic nitrogens is 1. The maximum atomic E-state index is 12.5. The van der Waals surface area contributed by atoms with Gasteiger partial charge in [-0.25, -0.2) is 17.9 Å². The van der Waals surface area contributed by atoms with Crippen LogP contribution in [0, 0.1) is 20.8 Å². The van der Waals surface area contributed by atoms with Gasteiger partial charge in [0.15, 0.2) is 0 Å². The van der Waals surface area contributed by atoms with Gasteiger partial charge in [0.05, 0.1) is 22.7 Å². The second-order valence-electron chi connectivity index (χ2n) is 5.31. The standard InChI is InChI=1S/C16H18N2O4S/c1-10-5-4-6-17-14(10)9-18-23(21,22)15-8-13(16(19)20)7-11(2)12(15)3/h4-8,18H,9H2,1-3H3,(H,19,20). The molecule has 0 spiro atoms. The van der Waals surface area contributed by atoms with Gasteiger partial charge < -0.3 is 5.11 Å². The molecule has 1 aromatic heterocycles. The molecule has 0 saturated heterocycles. The Morgan fingerprint density at radius 1 is 1.22 bits per heavy atom. The van der Waals surface area contributed by atoms with E-state index in [4.69, 9.17) is 5.11 Å². The topological polar surface area (TPSA) is 96.4 Å². The first kappa shape index (κ1) is 17.1. The Morgan fingerprint density at radius 2 is 1.91 bits per heavy atom. The Balaban J connectivity index is 2.36. The molecule has 0 saturated carbocycles. The third-order valence-corrected chi connectivity index (χ3v) is 5.23. The minimum Gasteiger partial charge on any atom is -0.478 e. The van der Waals surface area contributed by atoms with Crippen LogP contribution in [0.2, 0.25) is 0 Å². The van der Waals surface area contributed by atoms with E-state index in [9.17, 15) is 13.2 Å². The summed E-state index contributed by atoms with van der Waals surface area (Å²) < 4.78 is 27.5. The number of hydrogen-bond acceptors (Lipinski definition) is 4. The largest absolute Gasteiger partial charge is 0.478 e. The van der Waals surface area contributed by atoms with Crippen LogP contribution in [0.4, 0.5) is 0 Å². The molecule has 2 rings (SSSR count). The summed E-state index contributed by atoms with van der Waals surface area (Å²) in [4.78, 5) is 15.3. The highest BCUT2D eigenvalue weighted by atomic mass is 32.2. The van der Waals surface area contributed by atoms with Gasteiger partial charge in [-0.3, -0.25) is 4.98 Å². The van der Waals surface area contributed by atoms with Gasteiger partial charge in [0.2, 0.25) is 10.0 Å². The molecule has 0 radical (unpaired) electrons. The fourth-order valence-electron chi connectivity index (χ4n) is 2.17. The summed E-state index contributed by atoms with van der Waals surface area (Å²) in [7, 11) is -3.84. The van der Waals surface area contributed by atoms with Crippen LogP contribution in [0.1, 0.15) is 32.7 Å². The molecule has 0 atom stereocenters. The normalized spacial score (nSPS) is 11.4. The van der Waals surface area contributed by atoms with Crippen molar-refractivity contribution in [2.24, 2.45) is 0 Å². The maximum Gasteiger partial charge on any atom is 0.335 e. The number of carbonyl (C=O) groups is 1. The number of aromatic carboxylic acids is 1. The number of carboxylic acid groups (broad SMARTS) is 1. The smallest absolute Gasteiger partial charge is 0.335 e. The summed E-state index contributed by atoms with van der Waals surface area (Å²) in [5.74, 6) is -1.16. The predicted octanol–water partition coefficient (Wildman–Crippen LogP) is 2.18. The molecule has 23 heavy (non-hydrogen) atoms. The van der Waals surface area contributed by atoms with Gasteiger partial charge in [0, 0.05) is 6.20 Å². The Morgan fingerprint density at radius 3 is 2.52 bits per heavy atom. The lowest BCUT2D eigenvalue weighted by Gasteiger charge is -2.13. The van der Waals surface area contributed by atoms with Crippen LogP contribution < -0.4 is 4.72 Å². The highest BCUT2D eigenvalue weighted by Crippen LogP contribution is 2.21. The first-order valence-corrected chi connectivity index (χ1v) is 8.45. The zero-order chi connectivity index (χ0) is 17.2. The third-order valence-electron chi connectivity index (χ3n) is 3.70. The van der Waals surface area contributed by atoms with E-state index in [1.807, 2.05) is 13.0 Å². The lowest BCUT2D eigenvalue weighted by Crippen LogP contribution is -2.25. The van der Waals surface area contributed by atoms with E-state index in [1.165, 1.54) is 12.1 Å². The number of hydrogen-bond donors (Lipinski definition) is 2. The van der Waals surface area contributed by atoms with Crippen molar-refractivity contribution in [3.8, 4) is 0 Å². The summed E-state index contributed by atoms with van der Waals surface area (Å²) in [5, 5.41) is 9.11. The zero-order valence-electron chi connectivity index (χ0n) is 13.1. The minimum atomic E-state index is -3.84. The van der Waals surface area contributed by atoms with Crippen LogP contribution in [0.25, 0.3) is 0 Å². The van der Waals surface area contributed by atoms with Crippen LogP contribution in [-0.4, -0.2) is 24.5 Å². The van der Waals surface area contributed by atoms with Crippen LogP contribution in [0.5, 0.6) is 0 Å². The van der Waals surface area contributed by atoms with Gasteiger partial charge in [0.25, 0.3) is 0 Å². The maximum absolute atomic E-state index is 12.5. The van der Waals surface area contributed by atoms with Crippen molar-refractivity contribution in [2.45, 2.75) is 32.2 Å². The zero-order valence-corrected chi connectivity index (χ0v) is 13.9. The van der Waals surface area contributed by atoms with Crippen molar-refractivity contribution in [3.63, 3.8) is 0 Å². The lowest BCUT2D eigenvalue weighted by atomic mass is 10.1. The summed E-state index contributed by atoms with van der Waals surface area (Å²) in [6.45, 7) is 5.23. The SMILES string of the molecule is Cc1cccnc1CNS(=O)(=O)c1cc(C(=O)O)cc(C)c1C. The fourth-order valence-corrected chi connectivity index (χ4v) is 3.50. The first-order valence-electron chi connectivity index (χ1n) is 6.97. The van der Waals surface area contributed by atoms with Crippen LogP contribution >= 0.6 is 0 Å². The number of rotatable bonds is 5. The molecular weight excluding hydrogens is 316 g/mol. The molecule has 0 bridgehead atoms. The van der Waals surface area contributed by atoms with E-state index in [-0.39, 0.29) is 17.0 Å². The fraction of sp³-hybridized carbons (Fsp3) is 0.250. The van der Waals surface area contributed by atoms with Crippen molar-refractivity contribution in [1.82, 2.24) is 9.71 Å². The first-order chi connectivity index (χ1) is 10.7. The molecule has 0 unspecified atom stereocenters. The number of benzene rings is 1. The van der Waals surface area contributed by atoms with Crippen LogP contribution in [0.15, 0.2) is 35.4 Å². The molecule has 2 aromatic rings. The average Bonchev–Trinajstić information content (AvgIpc) is 2.48. The molecule has 0 aliphatic heterocycles. The summed E-state index contributed by atoms with van der Waals surface area (Å²) in [6, 6.07) is 6.26. The lowest BCUT2D eigenvalue weighted by molar-refractivity contribution is 0.0696. The predicted molar refractivity (Wildman–Crippen MR) is 85.9 cm³/mol. The highest BCUT2D eigenvalue weighted by molar-refractivity contribution is 7.89. The van der Waals surface area contributed by atoms with E-state index >= 15 is 0 Å². The summed E-state index contributed by atoms with van der Waals surface area (Å²) >= 11 is 0. The van der Waals surface area contributed by atoms with Crippen molar-refractivity contribution in [3.05, 3.63) is 58.4 Å². The van der Waals surface area contributed by atoms with E-state index in [1.54, 1.807) is 26.1 Å². The van der Waals surface area contributed by atoms with Crippen molar-refractivity contribution in [1.29, 1.82) is 0 Å². The molecule has 0 fully saturated rings. The number of aryl methyl sites for hydroxylation is 2. The van der Waals surface area contributed by atoms with E-state index in [0.717, 1.165) is 5.56 Å². The van der Waals surface area contributed by atoms with Crippen LogP contribution in [0.3, 0.4) is 0 Å². The molecule has 7 heteroatoms. The van der Waals surface area contributed by atoms with Gasteiger partial charge in [0.1, 0.15) is 0 Å². The second-order valence-corrected chi connectivity index (χ2v) is 7.05. The summed E-state index contributed by atoms with van der Waals surface area (Å²) in [5.41, 5.74) is 2.59. The van der Waals surface area contributed by atoms with E-state index in [2.05, 4.69) is 9.71 Å². The number of nitrogens with one attached hydrogen (secondary N) is 1. The van der Waals surface area contributed by atoms with E-state index < -0.39 is 16.0 Å². The van der Waals surface area contributed by atoms with Crippen molar-refractivity contribution >= 4 is 16.0 Å². The summed E-state index contributed by atoms with van der Waals surface area (Å²) in [6.07, 6.45) is 1.59. The van der Waals surface area contributed by atoms with Crippen LogP contribution in [-0.2, 0) is 16.6 Å².